The molecule has 1 N–H and O–H groups in total. The minimum atomic E-state index is -0.274. The van der Waals surface area contributed by atoms with E-state index in [2.05, 4.69) is 25.2 Å². The molecule has 2 aromatic heterocycles. The zero-order valence-corrected chi connectivity index (χ0v) is 18.7. The molecular weight excluding hydrogens is 412 g/mol. The third-order valence-electron chi connectivity index (χ3n) is 5.75. The Kier molecular flexibility index (Phi) is 4.62. The van der Waals surface area contributed by atoms with Gasteiger partial charge in [0.1, 0.15) is 17.5 Å². The van der Waals surface area contributed by atoms with E-state index in [1.165, 1.54) is 0 Å². The lowest BCUT2D eigenvalue weighted by molar-refractivity contribution is -0.118. The van der Waals surface area contributed by atoms with Crippen molar-refractivity contribution in [1.82, 2.24) is 14.8 Å². The number of methoxy groups -OCH3 is 2. The number of thiophene rings is 1. The molecule has 0 amide bonds. The number of hydrogen-bond donors (Lipinski definition) is 1. The van der Waals surface area contributed by atoms with Gasteiger partial charge in [0, 0.05) is 34.2 Å². The Morgan fingerprint density at radius 3 is 2.55 bits per heavy atom. The fourth-order valence-corrected chi connectivity index (χ4v) is 5.20. The lowest BCUT2D eigenvalue weighted by Gasteiger charge is -2.37. The van der Waals surface area contributed by atoms with Crippen LogP contribution in [0.3, 0.4) is 0 Å². The minimum Gasteiger partial charge on any atom is -0.497 e. The smallest absolute Gasteiger partial charge is 0.226 e. The molecular formula is C23H24N4O3S. The summed E-state index contributed by atoms with van der Waals surface area (Å²) in [6.45, 7) is 4.26. The van der Waals surface area contributed by atoms with Gasteiger partial charge >= 0.3 is 0 Å². The Balaban J connectivity index is 1.65. The summed E-state index contributed by atoms with van der Waals surface area (Å²) in [6.07, 6.45) is 1.32. The molecule has 160 valence electrons. The van der Waals surface area contributed by atoms with Crippen LogP contribution in [-0.4, -0.2) is 34.8 Å². The van der Waals surface area contributed by atoms with Gasteiger partial charge in [-0.25, -0.2) is 4.68 Å². The molecule has 0 saturated heterocycles. The van der Waals surface area contributed by atoms with Crippen molar-refractivity contribution in [2.45, 2.75) is 32.7 Å². The third-order valence-corrected chi connectivity index (χ3v) is 6.68. The number of ether oxygens (including phenoxy) is 2. The molecule has 2 aliphatic rings. The van der Waals surface area contributed by atoms with Gasteiger partial charge in [0.25, 0.3) is 0 Å². The SMILES string of the molecule is COc1cc(OC)cc(-c2nc3n(n2)C(c2cccs2)C2=C(CC(C)(C)CC2=O)N3)c1. The quantitative estimate of drug-likeness (QED) is 0.640. The third kappa shape index (κ3) is 3.40. The zero-order chi connectivity index (χ0) is 21.8. The predicted octanol–water partition coefficient (Wildman–Crippen LogP) is 4.68. The van der Waals surface area contributed by atoms with Gasteiger partial charge in [-0.05, 0) is 35.4 Å². The first-order valence-electron chi connectivity index (χ1n) is 10.2. The van der Waals surface area contributed by atoms with Gasteiger partial charge in [-0.1, -0.05) is 19.9 Å². The van der Waals surface area contributed by atoms with E-state index in [1.54, 1.807) is 25.6 Å². The van der Waals surface area contributed by atoms with Crippen molar-refractivity contribution < 1.29 is 14.3 Å². The summed E-state index contributed by atoms with van der Waals surface area (Å²) in [5, 5.41) is 10.3. The summed E-state index contributed by atoms with van der Waals surface area (Å²) >= 11 is 1.63. The molecule has 1 atom stereocenters. The van der Waals surface area contributed by atoms with Crippen LogP contribution in [-0.2, 0) is 4.79 Å². The second-order valence-electron chi connectivity index (χ2n) is 8.68. The standard InChI is InChI=1S/C23H24N4O3S/c1-23(2)11-16-19(17(28)12-23)20(18-6-5-7-31-18)27-22(24-16)25-21(26-27)13-8-14(29-3)10-15(9-13)30-4/h5-10,20H,11-12H2,1-4H3,(H,24,25,26). The van der Waals surface area contributed by atoms with Crippen LogP contribution in [0.25, 0.3) is 11.4 Å². The Morgan fingerprint density at radius 1 is 1.16 bits per heavy atom. The highest BCUT2D eigenvalue weighted by molar-refractivity contribution is 7.10. The monoisotopic (exact) mass is 436 g/mol. The van der Waals surface area contributed by atoms with Crippen LogP contribution < -0.4 is 14.8 Å². The first-order chi connectivity index (χ1) is 14.9. The highest BCUT2D eigenvalue weighted by atomic mass is 32.1. The number of anilines is 1. The molecule has 3 aromatic rings. The maximum Gasteiger partial charge on any atom is 0.226 e. The normalized spacial score (nSPS) is 19.5. The molecule has 1 aliphatic carbocycles. The van der Waals surface area contributed by atoms with Crippen molar-refractivity contribution in [2.75, 3.05) is 19.5 Å². The number of hydrogen-bond acceptors (Lipinski definition) is 7. The maximum atomic E-state index is 13.2. The van der Waals surface area contributed by atoms with E-state index >= 15 is 0 Å². The molecule has 0 spiro atoms. The molecule has 7 nitrogen and oxygen atoms in total. The van der Waals surface area contributed by atoms with E-state index in [9.17, 15) is 4.79 Å². The Morgan fingerprint density at radius 2 is 1.90 bits per heavy atom. The van der Waals surface area contributed by atoms with Crippen LogP contribution >= 0.6 is 11.3 Å². The highest BCUT2D eigenvalue weighted by Crippen LogP contribution is 2.46. The van der Waals surface area contributed by atoms with E-state index < -0.39 is 0 Å². The second-order valence-corrected chi connectivity index (χ2v) is 9.66. The van der Waals surface area contributed by atoms with Gasteiger partial charge in [-0.15, -0.1) is 16.4 Å². The van der Waals surface area contributed by atoms with E-state index in [4.69, 9.17) is 19.6 Å². The van der Waals surface area contributed by atoms with Crippen LogP contribution in [0.1, 0.15) is 37.6 Å². The molecule has 1 aromatic carbocycles. The van der Waals surface area contributed by atoms with Crippen LogP contribution in [0.4, 0.5) is 5.95 Å². The average Bonchev–Trinajstić information content (AvgIpc) is 3.40. The van der Waals surface area contributed by atoms with E-state index in [0.29, 0.717) is 29.7 Å². The number of fused-ring (bicyclic) bond motifs is 1. The summed E-state index contributed by atoms with van der Waals surface area (Å²) in [5.41, 5.74) is 2.45. The first kappa shape index (κ1) is 19.8. The maximum absolute atomic E-state index is 13.2. The second kappa shape index (κ2) is 7.23. The molecule has 0 saturated carbocycles. The van der Waals surface area contributed by atoms with Gasteiger partial charge in [0.15, 0.2) is 11.6 Å². The highest BCUT2D eigenvalue weighted by Gasteiger charge is 2.42. The van der Waals surface area contributed by atoms with Crippen LogP contribution in [0.2, 0.25) is 0 Å². The van der Waals surface area contributed by atoms with Gasteiger partial charge < -0.3 is 14.8 Å². The number of rotatable bonds is 4. The summed E-state index contributed by atoms with van der Waals surface area (Å²) in [7, 11) is 3.23. The number of allylic oxidation sites excluding steroid dienone is 2. The van der Waals surface area contributed by atoms with Crippen molar-refractivity contribution in [2.24, 2.45) is 5.41 Å². The number of aromatic nitrogens is 3. The van der Waals surface area contributed by atoms with Crippen LogP contribution in [0.5, 0.6) is 11.5 Å². The van der Waals surface area contributed by atoms with Gasteiger partial charge in [-0.2, -0.15) is 4.98 Å². The Bertz CT molecular complexity index is 1170. The number of benzene rings is 1. The lowest BCUT2D eigenvalue weighted by atomic mass is 9.73. The summed E-state index contributed by atoms with van der Waals surface area (Å²) in [6, 6.07) is 9.36. The zero-order valence-electron chi connectivity index (χ0n) is 17.9. The summed E-state index contributed by atoms with van der Waals surface area (Å²) < 4.78 is 12.6. The lowest BCUT2D eigenvalue weighted by Crippen LogP contribution is -2.36. The summed E-state index contributed by atoms with van der Waals surface area (Å²) in [4.78, 5) is 19.1. The number of nitrogens with one attached hydrogen (secondary N) is 1. The van der Waals surface area contributed by atoms with Crippen molar-refractivity contribution in [3.8, 4) is 22.9 Å². The number of nitrogens with zero attached hydrogens (tertiary/aromatic N) is 3. The molecule has 0 fully saturated rings. The number of carbonyl (C=O) groups excluding carboxylic acids is 1. The molecule has 3 heterocycles. The average molecular weight is 437 g/mol. The number of carbonyl (C=O) groups is 1. The largest absolute Gasteiger partial charge is 0.497 e. The summed E-state index contributed by atoms with van der Waals surface area (Å²) in [5.74, 6) is 2.69. The number of ketones is 1. The molecule has 5 rings (SSSR count). The van der Waals surface area contributed by atoms with E-state index in [0.717, 1.165) is 28.1 Å². The van der Waals surface area contributed by atoms with E-state index in [1.807, 2.05) is 34.3 Å². The van der Waals surface area contributed by atoms with Crippen molar-refractivity contribution >= 4 is 23.1 Å². The van der Waals surface area contributed by atoms with Gasteiger partial charge in [-0.3, -0.25) is 4.79 Å². The Hall–Kier alpha value is -3.13. The fraction of sp³-hybridized carbons (Fsp3) is 0.348. The minimum absolute atomic E-state index is 0.0892. The first-order valence-corrected chi connectivity index (χ1v) is 11.0. The topological polar surface area (TPSA) is 78.3 Å². The van der Waals surface area contributed by atoms with Gasteiger partial charge in [0.2, 0.25) is 5.95 Å². The van der Waals surface area contributed by atoms with Crippen LogP contribution in [0, 0.1) is 5.41 Å². The fourth-order valence-electron chi connectivity index (χ4n) is 4.38. The number of Topliss-reactive ketones (excluding diaryl/α,β-unsaturated/α-hetero) is 1. The molecule has 31 heavy (non-hydrogen) atoms. The Labute approximate surface area is 184 Å². The predicted molar refractivity (Wildman–Crippen MR) is 120 cm³/mol. The molecule has 0 radical (unpaired) electrons. The molecule has 8 heteroatoms. The van der Waals surface area contributed by atoms with Crippen LogP contribution in [0.15, 0.2) is 47.0 Å². The molecule has 1 unspecified atom stereocenters. The van der Waals surface area contributed by atoms with E-state index in [-0.39, 0.29) is 17.2 Å². The van der Waals surface area contributed by atoms with Crippen molar-refractivity contribution in [3.05, 3.63) is 51.9 Å². The molecule has 0 bridgehead atoms. The van der Waals surface area contributed by atoms with Gasteiger partial charge in [0.05, 0.1) is 14.2 Å². The van der Waals surface area contributed by atoms with Crippen molar-refractivity contribution in [1.29, 1.82) is 0 Å². The molecule has 1 aliphatic heterocycles. The van der Waals surface area contributed by atoms with Crippen molar-refractivity contribution in [3.63, 3.8) is 0 Å².